The fourth-order valence-corrected chi connectivity index (χ4v) is 2.66. The molecule has 3 nitrogen and oxygen atoms in total. The molecule has 1 amide bonds. The average molecular weight is 275 g/mol. The van der Waals surface area contributed by atoms with E-state index < -0.39 is 5.60 Å². The van der Waals surface area contributed by atoms with Crippen molar-refractivity contribution in [3.63, 3.8) is 0 Å². The van der Waals surface area contributed by atoms with Crippen LogP contribution in [0.3, 0.4) is 0 Å². The van der Waals surface area contributed by atoms with Crippen LogP contribution in [0.5, 0.6) is 0 Å². The normalized spacial score (nSPS) is 19.8. The minimum Gasteiger partial charge on any atom is -0.444 e. The van der Waals surface area contributed by atoms with Gasteiger partial charge in [0.1, 0.15) is 5.60 Å². The maximum atomic E-state index is 12.3. The van der Waals surface area contributed by atoms with E-state index in [1.165, 1.54) is 12.0 Å². The molecule has 20 heavy (non-hydrogen) atoms. The summed E-state index contributed by atoms with van der Waals surface area (Å²) < 4.78 is 5.53. The Balaban J connectivity index is 2.03. The Morgan fingerprint density at radius 3 is 2.60 bits per heavy atom. The summed E-state index contributed by atoms with van der Waals surface area (Å²) in [7, 11) is 0. The SMILES string of the molecule is CC(C)(C)OC(=O)N1CCCC[C@H]1Cc1ccccc1. The number of piperidine rings is 1. The number of carbonyl (C=O) groups excluding carboxylic acids is 1. The molecule has 1 heterocycles. The van der Waals surface area contributed by atoms with E-state index in [1.807, 2.05) is 31.7 Å². The number of benzene rings is 1. The number of nitrogens with zero attached hydrogens (tertiary/aromatic N) is 1. The molecule has 0 spiro atoms. The van der Waals surface area contributed by atoms with Gasteiger partial charge in [-0.05, 0) is 52.0 Å². The van der Waals surface area contributed by atoms with E-state index in [4.69, 9.17) is 4.74 Å². The number of rotatable bonds is 2. The number of amides is 1. The molecule has 1 aliphatic heterocycles. The van der Waals surface area contributed by atoms with Crippen LogP contribution in [-0.4, -0.2) is 29.2 Å². The monoisotopic (exact) mass is 275 g/mol. The first-order valence-corrected chi connectivity index (χ1v) is 7.49. The number of ether oxygens (including phenoxy) is 1. The highest BCUT2D eigenvalue weighted by Gasteiger charge is 2.30. The van der Waals surface area contributed by atoms with Crippen LogP contribution in [-0.2, 0) is 11.2 Å². The van der Waals surface area contributed by atoms with Crippen LogP contribution in [0.4, 0.5) is 4.79 Å². The van der Waals surface area contributed by atoms with Crippen LogP contribution >= 0.6 is 0 Å². The van der Waals surface area contributed by atoms with E-state index in [-0.39, 0.29) is 12.1 Å². The van der Waals surface area contributed by atoms with E-state index in [9.17, 15) is 4.79 Å². The third-order valence-electron chi connectivity index (χ3n) is 3.57. The largest absolute Gasteiger partial charge is 0.444 e. The average Bonchev–Trinajstić information content (AvgIpc) is 2.38. The lowest BCUT2D eigenvalue weighted by Crippen LogP contribution is -2.47. The van der Waals surface area contributed by atoms with E-state index in [0.29, 0.717) is 0 Å². The van der Waals surface area contributed by atoms with Crippen molar-refractivity contribution in [1.29, 1.82) is 0 Å². The van der Waals surface area contributed by atoms with Gasteiger partial charge < -0.3 is 9.64 Å². The first-order valence-electron chi connectivity index (χ1n) is 7.49. The smallest absolute Gasteiger partial charge is 0.410 e. The minimum absolute atomic E-state index is 0.168. The van der Waals surface area contributed by atoms with Crippen LogP contribution in [0.25, 0.3) is 0 Å². The van der Waals surface area contributed by atoms with Gasteiger partial charge in [0, 0.05) is 12.6 Å². The molecule has 0 aliphatic carbocycles. The van der Waals surface area contributed by atoms with Crippen molar-refractivity contribution in [3.8, 4) is 0 Å². The molecule has 1 saturated heterocycles. The highest BCUT2D eigenvalue weighted by atomic mass is 16.6. The predicted molar refractivity (Wildman–Crippen MR) is 80.7 cm³/mol. The van der Waals surface area contributed by atoms with Gasteiger partial charge in [0.2, 0.25) is 0 Å². The lowest BCUT2D eigenvalue weighted by Gasteiger charge is -2.37. The summed E-state index contributed by atoms with van der Waals surface area (Å²) in [6, 6.07) is 10.6. The van der Waals surface area contributed by atoms with E-state index in [2.05, 4.69) is 24.3 Å². The van der Waals surface area contributed by atoms with Crippen molar-refractivity contribution < 1.29 is 9.53 Å². The molecular formula is C17H25NO2. The fraction of sp³-hybridized carbons (Fsp3) is 0.588. The zero-order valence-corrected chi connectivity index (χ0v) is 12.8. The Bertz CT molecular complexity index is 436. The molecule has 1 aromatic carbocycles. The molecule has 1 aliphatic rings. The van der Waals surface area contributed by atoms with Gasteiger partial charge in [0.15, 0.2) is 0 Å². The lowest BCUT2D eigenvalue weighted by atomic mass is 9.96. The number of likely N-dealkylation sites (tertiary alicyclic amines) is 1. The molecule has 0 aromatic heterocycles. The van der Waals surface area contributed by atoms with Crippen molar-refractivity contribution in [2.24, 2.45) is 0 Å². The summed E-state index contributed by atoms with van der Waals surface area (Å²) in [6.07, 6.45) is 4.08. The van der Waals surface area contributed by atoms with Crippen molar-refractivity contribution in [1.82, 2.24) is 4.90 Å². The Hall–Kier alpha value is -1.51. The second kappa shape index (κ2) is 6.29. The van der Waals surface area contributed by atoms with Crippen LogP contribution < -0.4 is 0 Å². The Morgan fingerprint density at radius 1 is 1.25 bits per heavy atom. The molecule has 0 radical (unpaired) electrons. The topological polar surface area (TPSA) is 29.5 Å². The molecule has 1 aromatic rings. The summed E-state index contributed by atoms with van der Waals surface area (Å²) in [5.41, 5.74) is 0.860. The predicted octanol–water partition coefficient (Wildman–Crippen LogP) is 4.02. The van der Waals surface area contributed by atoms with Crippen molar-refractivity contribution in [3.05, 3.63) is 35.9 Å². The maximum absolute atomic E-state index is 12.3. The molecule has 1 fully saturated rings. The quantitative estimate of drug-likeness (QED) is 0.816. The molecule has 0 saturated carbocycles. The third kappa shape index (κ3) is 4.26. The van der Waals surface area contributed by atoms with Gasteiger partial charge in [-0.15, -0.1) is 0 Å². The van der Waals surface area contributed by atoms with Crippen LogP contribution in [0.1, 0.15) is 45.6 Å². The minimum atomic E-state index is -0.425. The van der Waals surface area contributed by atoms with Gasteiger partial charge in [-0.3, -0.25) is 0 Å². The lowest BCUT2D eigenvalue weighted by molar-refractivity contribution is 0.00995. The van der Waals surface area contributed by atoms with Crippen LogP contribution in [0.2, 0.25) is 0 Å². The Kier molecular flexibility index (Phi) is 4.69. The molecule has 1 atom stereocenters. The summed E-state index contributed by atoms with van der Waals surface area (Å²) in [5, 5.41) is 0. The first-order chi connectivity index (χ1) is 9.46. The highest BCUT2D eigenvalue weighted by Crippen LogP contribution is 2.23. The Labute approximate surface area is 121 Å². The fourth-order valence-electron chi connectivity index (χ4n) is 2.66. The van der Waals surface area contributed by atoms with Gasteiger partial charge in [-0.1, -0.05) is 30.3 Å². The number of hydrogen-bond acceptors (Lipinski definition) is 2. The second-order valence-corrected chi connectivity index (χ2v) is 6.51. The standard InChI is InChI=1S/C17H25NO2/c1-17(2,3)20-16(19)18-12-8-7-11-15(18)13-14-9-5-4-6-10-14/h4-6,9-10,15H,7-8,11-13H2,1-3H3/t15-/m0/s1. The summed E-state index contributed by atoms with van der Waals surface area (Å²) in [4.78, 5) is 14.2. The second-order valence-electron chi connectivity index (χ2n) is 6.51. The zero-order chi connectivity index (χ0) is 14.6. The van der Waals surface area contributed by atoms with Gasteiger partial charge in [0.05, 0.1) is 0 Å². The summed E-state index contributed by atoms with van der Waals surface area (Å²) in [5.74, 6) is 0. The van der Waals surface area contributed by atoms with E-state index in [0.717, 1.165) is 25.8 Å². The van der Waals surface area contributed by atoms with Crippen molar-refractivity contribution in [2.45, 2.75) is 58.1 Å². The summed E-state index contributed by atoms with van der Waals surface area (Å²) in [6.45, 7) is 6.57. The maximum Gasteiger partial charge on any atom is 0.410 e. The van der Waals surface area contributed by atoms with Gasteiger partial charge >= 0.3 is 6.09 Å². The van der Waals surface area contributed by atoms with Gasteiger partial charge in [-0.2, -0.15) is 0 Å². The Morgan fingerprint density at radius 2 is 1.95 bits per heavy atom. The molecule has 3 heteroatoms. The van der Waals surface area contributed by atoms with E-state index >= 15 is 0 Å². The van der Waals surface area contributed by atoms with Crippen molar-refractivity contribution in [2.75, 3.05) is 6.54 Å². The van der Waals surface area contributed by atoms with E-state index in [1.54, 1.807) is 0 Å². The molecule has 2 rings (SSSR count). The molecule has 110 valence electrons. The third-order valence-corrected chi connectivity index (χ3v) is 3.57. The van der Waals surface area contributed by atoms with Crippen LogP contribution in [0.15, 0.2) is 30.3 Å². The highest BCUT2D eigenvalue weighted by molar-refractivity contribution is 5.68. The molecule has 0 bridgehead atoms. The van der Waals surface area contributed by atoms with Crippen molar-refractivity contribution >= 4 is 6.09 Å². The van der Waals surface area contributed by atoms with Gasteiger partial charge in [-0.25, -0.2) is 4.79 Å². The first kappa shape index (κ1) is 14.9. The number of hydrogen-bond donors (Lipinski definition) is 0. The molecule has 0 unspecified atom stereocenters. The molecular weight excluding hydrogens is 250 g/mol. The number of carbonyl (C=O) groups is 1. The molecule has 0 N–H and O–H groups in total. The van der Waals surface area contributed by atoms with Gasteiger partial charge in [0.25, 0.3) is 0 Å². The van der Waals surface area contributed by atoms with Crippen LogP contribution in [0, 0.1) is 0 Å². The zero-order valence-electron chi connectivity index (χ0n) is 12.8. The summed E-state index contributed by atoms with van der Waals surface area (Å²) >= 11 is 0.